The van der Waals surface area contributed by atoms with Gasteiger partial charge in [-0.1, -0.05) is 0 Å². The second-order valence-corrected chi connectivity index (χ2v) is 7.39. The van der Waals surface area contributed by atoms with Gasteiger partial charge in [-0.05, 0) is 76.1 Å². The van der Waals surface area contributed by atoms with Crippen molar-refractivity contribution in [2.75, 3.05) is 19.7 Å². The van der Waals surface area contributed by atoms with E-state index in [0.717, 1.165) is 24.4 Å². The van der Waals surface area contributed by atoms with E-state index in [1.165, 1.54) is 19.4 Å². The maximum atomic E-state index is 12.8. The van der Waals surface area contributed by atoms with Crippen LogP contribution in [-0.2, 0) is 0 Å². The molecule has 0 radical (unpaired) electrons. The molecule has 0 saturated carbocycles. The summed E-state index contributed by atoms with van der Waals surface area (Å²) in [6.45, 7) is 7.12. The predicted octanol–water partition coefficient (Wildman–Crippen LogP) is 3.34. The summed E-state index contributed by atoms with van der Waals surface area (Å²) in [5, 5.41) is 0. The molecule has 146 valence electrons. The average molecular weight is 378 g/mol. The molecule has 0 N–H and O–H groups in total. The minimum Gasteiger partial charge on any atom is -0.494 e. The molecule has 4 rings (SSSR count). The largest absolute Gasteiger partial charge is 0.494 e. The molecule has 1 aliphatic heterocycles. The van der Waals surface area contributed by atoms with Gasteiger partial charge in [0.1, 0.15) is 11.6 Å². The highest BCUT2D eigenvalue weighted by molar-refractivity contribution is 5.73. The standard InChI is InChI=1S/C22H26N4O2/c1-16-6-4-13-25(16)14-5-15-28-19-10-8-18(9-11-19)26-17(2)24-20-7-3-12-23-21(20)22(26)27/h3,7-12,16H,4-6,13-15H2,1-2H3/t16-/m1/s1. The number of aryl methyl sites for hydroxylation is 1. The zero-order valence-electron chi connectivity index (χ0n) is 16.5. The van der Waals surface area contributed by atoms with Crippen LogP contribution in [-0.4, -0.2) is 45.2 Å². The van der Waals surface area contributed by atoms with Crippen LogP contribution in [0.3, 0.4) is 0 Å². The van der Waals surface area contributed by atoms with Crippen molar-refractivity contribution in [3.63, 3.8) is 0 Å². The number of rotatable bonds is 6. The summed E-state index contributed by atoms with van der Waals surface area (Å²) in [5.41, 5.74) is 1.61. The van der Waals surface area contributed by atoms with Crippen molar-refractivity contribution < 1.29 is 4.74 Å². The molecule has 2 aromatic heterocycles. The van der Waals surface area contributed by atoms with Crippen LogP contribution < -0.4 is 10.3 Å². The van der Waals surface area contributed by atoms with E-state index in [-0.39, 0.29) is 5.56 Å². The minimum atomic E-state index is -0.156. The molecular weight excluding hydrogens is 352 g/mol. The highest BCUT2D eigenvalue weighted by Gasteiger charge is 2.19. The zero-order chi connectivity index (χ0) is 19.5. The molecule has 0 aliphatic carbocycles. The van der Waals surface area contributed by atoms with Crippen molar-refractivity contribution in [2.45, 2.75) is 39.2 Å². The van der Waals surface area contributed by atoms with Crippen molar-refractivity contribution >= 4 is 11.0 Å². The van der Waals surface area contributed by atoms with Crippen molar-refractivity contribution in [1.82, 2.24) is 19.4 Å². The Morgan fingerprint density at radius 1 is 1.21 bits per heavy atom. The second-order valence-electron chi connectivity index (χ2n) is 7.39. The molecule has 0 bridgehead atoms. The number of benzene rings is 1. The number of nitrogens with zero attached hydrogens (tertiary/aromatic N) is 4. The Morgan fingerprint density at radius 3 is 2.79 bits per heavy atom. The SMILES string of the molecule is Cc1nc2cccnc2c(=O)n1-c1ccc(OCCCN2CCC[C@H]2C)cc1. The number of pyridine rings is 1. The summed E-state index contributed by atoms with van der Waals surface area (Å²) in [6, 6.07) is 11.9. The molecule has 6 nitrogen and oxygen atoms in total. The molecule has 0 unspecified atom stereocenters. The van der Waals surface area contributed by atoms with Gasteiger partial charge in [0.2, 0.25) is 0 Å². The number of likely N-dealkylation sites (tertiary alicyclic amines) is 1. The Kier molecular flexibility index (Phi) is 5.39. The van der Waals surface area contributed by atoms with Crippen LogP contribution in [0.25, 0.3) is 16.7 Å². The summed E-state index contributed by atoms with van der Waals surface area (Å²) in [4.78, 5) is 24.0. The van der Waals surface area contributed by atoms with Crippen molar-refractivity contribution in [3.05, 3.63) is 58.8 Å². The first-order chi connectivity index (χ1) is 13.6. The number of hydrogen-bond donors (Lipinski definition) is 0. The van der Waals surface area contributed by atoms with E-state index in [1.54, 1.807) is 22.9 Å². The maximum absolute atomic E-state index is 12.8. The lowest BCUT2D eigenvalue weighted by Gasteiger charge is -2.20. The van der Waals surface area contributed by atoms with Gasteiger partial charge in [0.15, 0.2) is 5.52 Å². The lowest BCUT2D eigenvalue weighted by Crippen LogP contribution is -2.28. The normalized spacial score (nSPS) is 17.3. The van der Waals surface area contributed by atoms with Gasteiger partial charge in [0.05, 0.1) is 17.8 Å². The van der Waals surface area contributed by atoms with Gasteiger partial charge in [0, 0.05) is 18.8 Å². The van der Waals surface area contributed by atoms with E-state index in [1.807, 2.05) is 31.2 Å². The Bertz CT molecular complexity index is 1010. The molecule has 1 atom stereocenters. The van der Waals surface area contributed by atoms with Crippen LogP contribution in [0.4, 0.5) is 0 Å². The van der Waals surface area contributed by atoms with Gasteiger partial charge < -0.3 is 9.64 Å². The molecule has 3 heterocycles. The molecule has 1 aliphatic rings. The Hall–Kier alpha value is -2.73. The van der Waals surface area contributed by atoms with Gasteiger partial charge in [-0.25, -0.2) is 9.97 Å². The molecule has 1 aromatic carbocycles. The number of hydrogen-bond acceptors (Lipinski definition) is 5. The van der Waals surface area contributed by atoms with E-state index in [0.29, 0.717) is 29.5 Å². The van der Waals surface area contributed by atoms with Gasteiger partial charge in [-0.15, -0.1) is 0 Å². The van der Waals surface area contributed by atoms with E-state index < -0.39 is 0 Å². The summed E-state index contributed by atoms with van der Waals surface area (Å²) in [7, 11) is 0. The minimum absolute atomic E-state index is 0.156. The van der Waals surface area contributed by atoms with E-state index in [4.69, 9.17) is 4.74 Å². The first-order valence-corrected chi connectivity index (χ1v) is 9.95. The summed E-state index contributed by atoms with van der Waals surface area (Å²) < 4.78 is 7.47. The molecule has 28 heavy (non-hydrogen) atoms. The van der Waals surface area contributed by atoms with Crippen LogP contribution >= 0.6 is 0 Å². The summed E-state index contributed by atoms with van der Waals surface area (Å²) >= 11 is 0. The van der Waals surface area contributed by atoms with Crippen LogP contribution in [0.15, 0.2) is 47.4 Å². The smallest absolute Gasteiger partial charge is 0.284 e. The third-order valence-electron chi connectivity index (χ3n) is 5.44. The van der Waals surface area contributed by atoms with Crippen molar-refractivity contribution in [1.29, 1.82) is 0 Å². The first kappa shape index (κ1) is 18.6. The van der Waals surface area contributed by atoms with Crippen molar-refractivity contribution in [3.8, 4) is 11.4 Å². The molecule has 1 saturated heterocycles. The summed E-state index contributed by atoms with van der Waals surface area (Å²) in [6.07, 6.45) is 5.25. The average Bonchev–Trinajstić information content (AvgIpc) is 3.11. The van der Waals surface area contributed by atoms with Gasteiger partial charge in [-0.3, -0.25) is 9.36 Å². The topological polar surface area (TPSA) is 60.3 Å². The Labute approximate surface area is 164 Å². The first-order valence-electron chi connectivity index (χ1n) is 9.95. The van der Waals surface area contributed by atoms with Crippen LogP contribution in [0.5, 0.6) is 5.75 Å². The fourth-order valence-electron chi connectivity index (χ4n) is 3.91. The van der Waals surface area contributed by atoms with Gasteiger partial charge >= 0.3 is 0 Å². The molecule has 0 spiro atoms. The van der Waals surface area contributed by atoms with Crippen LogP contribution in [0, 0.1) is 6.92 Å². The lowest BCUT2D eigenvalue weighted by atomic mass is 10.2. The number of fused-ring (bicyclic) bond motifs is 1. The monoisotopic (exact) mass is 378 g/mol. The molecule has 3 aromatic rings. The fraction of sp³-hybridized carbons (Fsp3) is 0.409. The van der Waals surface area contributed by atoms with Gasteiger partial charge in [-0.2, -0.15) is 0 Å². The van der Waals surface area contributed by atoms with E-state index in [2.05, 4.69) is 21.8 Å². The third-order valence-corrected chi connectivity index (χ3v) is 5.44. The molecule has 6 heteroatoms. The number of aromatic nitrogens is 3. The Morgan fingerprint density at radius 2 is 2.04 bits per heavy atom. The van der Waals surface area contributed by atoms with E-state index >= 15 is 0 Å². The molecule has 0 amide bonds. The quantitative estimate of drug-likeness (QED) is 0.616. The highest BCUT2D eigenvalue weighted by Crippen LogP contribution is 2.18. The number of ether oxygens (including phenoxy) is 1. The Balaban J connectivity index is 1.43. The third kappa shape index (κ3) is 3.78. The van der Waals surface area contributed by atoms with Gasteiger partial charge in [0.25, 0.3) is 5.56 Å². The highest BCUT2D eigenvalue weighted by atomic mass is 16.5. The van der Waals surface area contributed by atoms with Crippen molar-refractivity contribution in [2.24, 2.45) is 0 Å². The van der Waals surface area contributed by atoms with Crippen LogP contribution in [0.1, 0.15) is 32.0 Å². The zero-order valence-corrected chi connectivity index (χ0v) is 16.5. The summed E-state index contributed by atoms with van der Waals surface area (Å²) in [5.74, 6) is 1.45. The second kappa shape index (κ2) is 8.10. The molecule has 1 fully saturated rings. The van der Waals surface area contributed by atoms with Crippen LogP contribution in [0.2, 0.25) is 0 Å². The fourth-order valence-corrected chi connectivity index (χ4v) is 3.91. The molecular formula is C22H26N4O2. The maximum Gasteiger partial charge on any atom is 0.284 e. The predicted molar refractivity (Wildman–Crippen MR) is 110 cm³/mol. The lowest BCUT2D eigenvalue weighted by molar-refractivity contribution is 0.230. The van der Waals surface area contributed by atoms with E-state index in [9.17, 15) is 4.79 Å².